The second-order valence-electron chi connectivity index (χ2n) is 6.47. The quantitative estimate of drug-likeness (QED) is 0.570. The van der Waals surface area contributed by atoms with Crippen molar-refractivity contribution in [3.63, 3.8) is 0 Å². The van der Waals surface area contributed by atoms with Crippen LogP contribution in [0.3, 0.4) is 0 Å². The molecule has 0 aliphatic carbocycles. The van der Waals surface area contributed by atoms with Gasteiger partial charge in [0.05, 0.1) is 0 Å². The number of aromatic nitrogens is 4. The number of amides is 1. The van der Waals surface area contributed by atoms with Gasteiger partial charge in [0.2, 0.25) is 5.91 Å². The number of nitrogens with one attached hydrogen (secondary N) is 3. The van der Waals surface area contributed by atoms with Gasteiger partial charge < -0.3 is 5.32 Å². The molecule has 8 nitrogen and oxygen atoms in total. The lowest BCUT2D eigenvalue weighted by atomic mass is 10.0. The summed E-state index contributed by atoms with van der Waals surface area (Å²) in [6.07, 6.45) is 0.591. The summed E-state index contributed by atoms with van der Waals surface area (Å²) in [5.41, 5.74) is 7.88. The van der Waals surface area contributed by atoms with E-state index in [0.717, 1.165) is 10.0 Å². The molecule has 3 N–H and O–H groups in total. The van der Waals surface area contributed by atoms with Gasteiger partial charge in [-0.1, -0.05) is 28.1 Å². The Bertz CT molecular complexity index is 1010. The van der Waals surface area contributed by atoms with E-state index in [1.165, 1.54) is 22.9 Å². The van der Waals surface area contributed by atoms with Gasteiger partial charge in [0.25, 0.3) is 0 Å². The lowest BCUT2D eigenvalue weighted by Crippen LogP contribution is -2.39. The summed E-state index contributed by atoms with van der Waals surface area (Å²) in [6, 6.07) is 11.8. The smallest absolute Gasteiger partial charge is 0.242 e. The summed E-state index contributed by atoms with van der Waals surface area (Å²) in [6.45, 7) is 1.67. The van der Waals surface area contributed by atoms with Crippen molar-refractivity contribution < 1.29 is 9.18 Å². The zero-order chi connectivity index (χ0) is 19.7. The van der Waals surface area contributed by atoms with Crippen molar-refractivity contribution >= 4 is 27.5 Å². The second kappa shape index (κ2) is 7.74. The Hall–Kier alpha value is -2.69. The molecule has 1 amide bonds. The molecule has 3 aromatic rings. The van der Waals surface area contributed by atoms with Gasteiger partial charge in [0.1, 0.15) is 17.5 Å². The first-order valence-corrected chi connectivity index (χ1v) is 9.43. The number of hydrogen-bond donors (Lipinski definition) is 3. The fourth-order valence-electron chi connectivity index (χ4n) is 3.08. The molecule has 0 saturated carbocycles. The maximum absolute atomic E-state index is 14.2. The summed E-state index contributed by atoms with van der Waals surface area (Å²) < 4.78 is 16.4. The molecular formula is C18H17BrFN7O. The van der Waals surface area contributed by atoms with Crippen LogP contribution in [0, 0.1) is 12.7 Å². The first kappa shape index (κ1) is 18.7. The van der Waals surface area contributed by atoms with Crippen LogP contribution in [0.2, 0.25) is 0 Å². The Morgan fingerprint density at radius 1 is 1.25 bits per heavy atom. The van der Waals surface area contributed by atoms with Crippen molar-refractivity contribution in [3.05, 3.63) is 64.1 Å². The Morgan fingerprint density at radius 3 is 2.75 bits per heavy atom. The molecule has 1 aromatic heterocycles. The Balaban J connectivity index is 1.46. The van der Waals surface area contributed by atoms with E-state index in [2.05, 4.69) is 47.6 Å². The summed E-state index contributed by atoms with van der Waals surface area (Å²) >= 11 is 3.41. The van der Waals surface area contributed by atoms with Crippen LogP contribution in [0.25, 0.3) is 5.69 Å². The van der Waals surface area contributed by atoms with Crippen LogP contribution in [0.1, 0.15) is 23.9 Å². The second-order valence-corrected chi connectivity index (χ2v) is 7.39. The largest absolute Gasteiger partial charge is 0.325 e. The van der Waals surface area contributed by atoms with Gasteiger partial charge in [-0.3, -0.25) is 4.79 Å². The number of carbonyl (C=O) groups excluding carboxylic acids is 1. The van der Waals surface area contributed by atoms with Crippen molar-refractivity contribution in [2.24, 2.45) is 0 Å². The van der Waals surface area contributed by atoms with Crippen molar-refractivity contribution in [2.45, 2.75) is 25.4 Å². The number of anilines is 1. The highest BCUT2D eigenvalue weighted by Crippen LogP contribution is 2.25. The van der Waals surface area contributed by atoms with Gasteiger partial charge in [-0.25, -0.2) is 15.2 Å². The van der Waals surface area contributed by atoms with Crippen LogP contribution >= 0.6 is 15.9 Å². The predicted molar refractivity (Wildman–Crippen MR) is 104 cm³/mol. The standard InChI is InChI=1S/C18H17BrFN7O/c1-10-22-25-26-27(10)17-8-13(6-7-14(17)20)21-18(28)16-9-15(23-24-16)11-2-4-12(19)5-3-11/h2-8,15-16,23-24H,9H2,1H3,(H,21,28). The molecule has 1 saturated heterocycles. The number of benzene rings is 2. The molecule has 1 fully saturated rings. The first-order chi connectivity index (χ1) is 13.5. The number of halogens is 2. The van der Waals surface area contributed by atoms with E-state index < -0.39 is 11.9 Å². The number of rotatable bonds is 4. The fourth-order valence-corrected chi connectivity index (χ4v) is 3.34. The molecule has 1 aliphatic heterocycles. The Morgan fingerprint density at radius 2 is 2.04 bits per heavy atom. The van der Waals surface area contributed by atoms with Crippen LogP contribution in [0.15, 0.2) is 46.9 Å². The molecule has 0 spiro atoms. The molecule has 144 valence electrons. The van der Waals surface area contributed by atoms with Crippen LogP contribution in [0.4, 0.5) is 10.1 Å². The normalized spacial score (nSPS) is 19.0. The number of carbonyl (C=O) groups is 1. The lowest BCUT2D eigenvalue weighted by Gasteiger charge is -2.12. The average Bonchev–Trinajstić information content (AvgIpc) is 3.33. The topological polar surface area (TPSA) is 96.8 Å². The van der Waals surface area contributed by atoms with E-state index in [1.54, 1.807) is 6.92 Å². The molecule has 2 aromatic carbocycles. The number of tetrazole rings is 1. The maximum Gasteiger partial charge on any atom is 0.242 e. The van der Waals surface area contributed by atoms with E-state index in [1.807, 2.05) is 24.3 Å². The minimum atomic E-state index is -0.482. The van der Waals surface area contributed by atoms with Gasteiger partial charge in [-0.15, -0.1) is 5.10 Å². The molecule has 4 rings (SSSR count). The number of aryl methyl sites for hydroxylation is 1. The third-order valence-corrected chi connectivity index (χ3v) is 5.09. The van der Waals surface area contributed by atoms with Crippen molar-refractivity contribution in [3.8, 4) is 5.69 Å². The summed E-state index contributed by atoms with van der Waals surface area (Å²) in [7, 11) is 0. The maximum atomic E-state index is 14.2. The van der Waals surface area contributed by atoms with Crippen LogP contribution < -0.4 is 16.2 Å². The predicted octanol–water partition coefficient (Wildman–Crippen LogP) is 2.42. The Labute approximate surface area is 168 Å². The molecule has 0 bridgehead atoms. The van der Waals surface area contributed by atoms with Crippen LogP contribution in [0.5, 0.6) is 0 Å². The number of hydrazine groups is 1. The first-order valence-electron chi connectivity index (χ1n) is 8.63. The highest BCUT2D eigenvalue weighted by Gasteiger charge is 2.30. The summed E-state index contributed by atoms with van der Waals surface area (Å²) in [5.74, 6) is -0.246. The van der Waals surface area contributed by atoms with E-state index >= 15 is 0 Å². The molecule has 1 aliphatic rings. The molecular weight excluding hydrogens is 429 g/mol. The summed E-state index contributed by atoms with van der Waals surface area (Å²) in [5, 5.41) is 13.9. The van der Waals surface area contributed by atoms with E-state index in [0.29, 0.717) is 17.9 Å². The van der Waals surface area contributed by atoms with E-state index in [-0.39, 0.29) is 17.6 Å². The van der Waals surface area contributed by atoms with Crippen molar-refractivity contribution in [1.29, 1.82) is 0 Å². The minimum Gasteiger partial charge on any atom is -0.325 e. The highest BCUT2D eigenvalue weighted by molar-refractivity contribution is 9.10. The summed E-state index contributed by atoms with van der Waals surface area (Å²) in [4.78, 5) is 12.6. The molecule has 10 heteroatoms. The van der Waals surface area contributed by atoms with Crippen molar-refractivity contribution in [1.82, 2.24) is 31.1 Å². The zero-order valence-electron chi connectivity index (χ0n) is 14.9. The van der Waals surface area contributed by atoms with E-state index in [9.17, 15) is 9.18 Å². The fraction of sp³-hybridized carbons (Fsp3) is 0.222. The number of hydrogen-bond acceptors (Lipinski definition) is 6. The monoisotopic (exact) mass is 445 g/mol. The number of nitrogens with zero attached hydrogens (tertiary/aromatic N) is 4. The van der Waals surface area contributed by atoms with E-state index in [4.69, 9.17) is 0 Å². The highest BCUT2D eigenvalue weighted by atomic mass is 79.9. The SMILES string of the molecule is Cc1nnnn1-c1cc(NC(=O)C2CC(c3ccc(Br)cc3)NN2)ccc1F. The van der Waals surface area contributed by atoms with Crippen molar-refractivity contribution in [2.75, 3.05) is 5.32 Å². The van der Waals surface area contributed by atoms with Gasteiger partial charge in [0.15, 0.2) is 5.82 Å². The third-order valence-electron chi connectivity index (χ3n) is 4.56. The zero-order valence-corrected chi connectivity index (χ0v) is 16.4. The van der Waals surface area contributed by atoms with Gasteiger partial charge in [0, 0.05) is 16.2 Å². The van der Waals surface area contributed by atoms with Gasteiger partial charge in [-0.2, -0.15) is 4.68 Å². The molecule has 0 radical (unpaired) electrons. The average molecular weight is 446 g/mol. The lowest BCUT2D eigenvalue weighted by molar-refractivity contribution is -0.117. The van der Waals surface area contributed by atoms with Gasteiger partial charge >= 0.3 is 0 Å². The molecule has 2 unspecified atom stereocenters. The molecule has 2 atom stereocenters. The van der Waals surface area contributed by atoms with Gasteiger partial charge in [-0.05, 0) is 59.7 Å². The Kier molecular flexibility index (Phi) is 5.16. The van der Waals surface area contributed by atoms with Crippen LogP contribution in [-0.4, -0.2) is 32.2 Å². The molecule has 2 heterocycles. The van der Waals surface area contributed by atoms with Crippen LogP contribution in [-0.2, 0) is 4.79 Å². The minimum absolute atomic E-state index is 0.0245. The molecule has 28 heavy (non-hydrogen) atoms. The third kappa shape index (κ3) is 3.79.